The second-order valence-electron chi connectivity index (χ2n) is 8.25. The van der Waals surface area contributed by atoms with Crippen molar-refractivity contribution in [3.63, 3.8) is 0 Å². The Labute approximate surface area is 195 Å². The molecule has 0 aliphatic heterocycles. The molecule has 4 heterocycles. The van der Waals surface area contributed by atoms with Gasteiger partial charge in [-0.1, -0.05) is 11.6 Å². The topological polar surface area (TPSA) is 106 Å². The molecule has 3 atom stereocenters. The molecule has 12 heteroatoms. The maximum atomic E-state index is 15.6. The van der Waals surface area contributed by atoms with Crippen LogP contribution in [0.15, 0.2) is 43.2 Å². The Morgan fingerprint density at radius 3 is 2.91 bits per heavy atom. The summed E-state index contributed by atoms with van der Waals surface area (Å²) in [5.74, 6) is -1.35. The van der Waals surface area contributed by atoms with Gasteiger partial charge in [-0.3, -0.25) is 19.6 Å². The van der Waals surface area contributed by atoms with Crippen LogP contribution < -0.4 is 5.32 Å². The summed E-state index contributed by atoms with van der Waals surface area (Å²) in [7, 11) is 0. The van der Waals surface area contributed by atoms with Crippen LogP contribution in [-0.2, 0) is 4.79 Å². The van der Waals surface area contributed by atoms with Crippen molar-refractivity contribution in [1.29, 1.82) is 0 Å². The number of alkyl halides is 1. The van der Waals surface area contributed by atoms with E-state index < -0.39 is 29.9 Å². The highest BCUT2D eigenvalue weighted by molar-refractivity contribution is 6.35. The summed E-state index contributed by atoms with van der Waals surface area (Å²) in [6.45, 7) is 1.82. The molecule has 34 heavy (non-hydrogen) atoms. The zero-order valence-corrected chi connectivity index (χ0v) is 18.5. The van der Waals surface area contributed by atoms with Crippen molar-refractivity contribution in [2.45, 2.75) is 25.6 Å². The number of hydrogen-bond donors (Lipinski definition) is 2. The number of fused-ring (bicyclic) bond motifs is 2. The summed E-state index contributed by atoms with van der Waals surface area (Å²) in [6, 6.07) is 1.32. The molecule has 0 spiro atoms. The minimum atomic E-state index is -1.10. The summed E-state index contributed by atoms with van der Waals surface area (Å²) in [6.07, 6.45) is 8.77. The summed E-state index contributed by atoms with van der Waals surface area (Å²) in [5.41, 5.74) is 2.05. The SMILES string of the molecule is CC(c1c(F)c(Cl)c(-c2cn3cc(NC(=O)[C@@H]4C[C@@H]4F)nc3cn2)c2cn[nH]c12)n1cccn1. The molecule has 1 amide bonds. The second kappa shape index (κ2) is 7.59. The van der Waals surface area contributed by atoms with E-state index in [9.17, 15) is 9.18 Å². The zero-order chi connectivity index (χ0) is 23.6. The van der Waals surface area contributed by atoms with Gasteiger partial charge in [-0.25, -0.2) is 13.8 Å². The number of anilines is 1. The predicted molar refractivity (Wildman–Crippen MR) is 121 cm³/mol. The highest BCUT2D eigenvalue weighted by Crippen LogP contribution is 2.41. The van der Waals surface area contributed by atoms with E-state index in [1.54, 1.807) is 46.1 Å². The number of rotatable bonds is 5. The maximum Gasteiger partial charge on any atom is 0.231 e. The van der Waals surface area contributed by atoms with Crippen molar-refractivity contribution in [2.24, 2.45) is 5.92 Å². The Bertz CT molecular complexity index is 1560. The monoisotopic (exact) mass is 482 g/mol. The van der Waals surface area contributed by atoms with Crippen molar-refractivity contribution < 1.29 is 13.6 Å². The summed E-state index contributed by atoms with van der Waals surface area (Å²) in [4.78, 5) is 20.7. The van der Waals surface area contributed by atoms with E-state index in [1.165, 1.54) is 6.20 Å². The average Bonchev–Trinajstić information content (AvgIpc) is 3.26. The maximum absolute atomic E-state index is 15.6. The normalized spacial score (nSPS) is 18.5. The molecular formula is C22H17ClF2N8O. The lowest BCUT2D eigenvalue weighted by Gasteiger charge is -2.17. The summed E-state index contributed by atoms with van der Waals surface area (Å²) in [5, 5.41) is 14.3. The molecular weight excluding hydrogens is 466 g/mol. The van der Waals surface area contributed by atoms with Gasteiger partial charge in [0.15, 0.2) is 11.5 Å². The Morgan fingerprint density at radius 2 is 2.18 bits per heavy atom. The van der Waals surface area contributed by atoms with Crippen molar-refractivity contribution in [2.75, 3.05) is 5.32 Å². The molecule has 4 aromatic heterocycles. The van der Waals surface area contributed by atoms with Crippen LogP contribution in [-0.4, -0.2) is 46.4 Å². The number of aromatic amines is 1. The average molecular weight is 483 g/mol. The van der Waals surface area contributed by atoms with E-state index in [0.29, 0.717) is 33.4 Å². The molecule has 5 aromatic rings. The van der Waals surface area contributed by atoms with Gasteiger partial charge in [0.2, 0.25) is 5.91 Å². The molecule has 0 radical (unpaired) electrons. The Hall–Kier alpha value is -3.86. The fraction of sp³-hybridized carbons (Fsp3) is 0.227. The second-order valence-corrected chi connectivity index (χ2v) is 8.63. The molecule has 0 bridgehead atoms. The molecule has 1 aromatic carbocycles. The van der Waals surface area contributed by atoms with Crippen molar-refractivity contribution in [1.82, 2.24) is 34.3 Å². The van der Waals surface area contributed by atoms with E-state index in [4.69, 9.17) is 11.6 Å². The minimum Gasteiger partial charge on any atom is -0.309 e. The number of hydrogen-bond acceptors (Lipinski definition) is 5. The van der Waals surface area contributed by atoms with E-state index >= 15 is 4.39 Å². The number of nitrogens with one attached hydrogen (secondary N) is 2. The number of nitrogens with zero attached hydrogens (tertiary/aromatic N) is 6. The van der Waals surface area contributed by atoms with Crippen LogP contribution in [0.4, 0.5) is 14.6 Å². The van der Waals surface area contributed by atoms with Gasteiger partial charge in [0.25, 0.3) is 0 Å². The Morgan fingerprint density at radius 1 is 1.35 bits per heavy atom. The van der Waals surface area contributed by atoms with Crippen molar-refractivity contribution in [3.8, 4) is 11.3 Å². The molecule has 1 aliphatic rings. The molecule has 0 saturated heterocycles. The first-order valence-electron chi connectivity index (χ1n) is 10.6. The number of benzene rings is 1. The van der Waals surface area contributed by atoms with Crippen LogP contribution >= 0.6 is 11.6 Å². The number of imidazole rings is 1. The minimum absolute atomic E-state index is 0.0916. The van der Waals surface area contributed by atoms with E-state index in [-0.39, 0.29) is 17.3 Å². The van der Waals surface area contributed by atoms with Gasteiger partial charge in [-0.2, -0.15) is 10.2 Å². The number of H-pyrrole nitrogens is 1. The molecule has 1 fully saturated rings. The number of halogens is 3. The molecule has 9 nitrogen and oxygen atoms in total. The largest absolute Gasteiger partial charge is 0.309 e. The van der Waals surface area contributed by atoms with Gasteiger partial charge in [0.1, 0.15) is 12.0 Å². The van der Waals surface area contributed by atoms with Gasteiger partial charge in [0, 0.05) is 35.1 Å². The Balaban J connectivity index is 1.43. The van der Waals surface area contributed by atoms with Crippen LogP contribution in [0, 0.1) is 11.7 Å². The van der Waals surface area contributed by atoms with E-state index in [1.807, 2.05) is 6.92 Å². The summed E-state index contributed by atoms with van der Waals surface area (Å²) < 4.78 is 32.0. The van der Waals surface area contributed by atoms with Crippen LogP contribution in [0.25, 0.3) is 27.8 Å². The lowest BCUT2D eigenvalue weighted by Crippen LogP contribution is -2.15. The first kappa shape index (κ1) is 20.7. The zero-order valence-electron chi connectivity index (χ0n) is 17.7. The third-order valence-corrected chi connectivity index (χ3v) is 6.42. The van der Waals surface area contributed by atoms with Gasteiger partial charge < -0.3 is 9.72 Å². The van der Waals surface area contributed by atoms with Gasteiger partial charge in [-0.15, -0.1) is 0 Å². The van der Waals surface area contributed by atoms with Crippen molar-refractivity contribution in [3.05, 3.63) is 59.7 Å². The number of amides is 1. The van der Waals surface area contributed by atoms with E-state index in [2.05, 4.69) is 30.6 Å². The first-order chi connectivity index (χ1) is 16.4. The van der Waals surface area contributed by atoms with E-state index in [0.717, 1.165) is 0 Å². The fourth-order valence-electron chi connectivity index (χ4n) is 4.16. The molecule has 6 rings (SSSR count). The molecule has 172 valence electrons. The number of aromatic nitrogens is 7. The third-order valence-electron chi connectivity index (χ3n) is 6.06. The van der Waals surface area contributed by atoms with Crippen LogP contribution in [0.2, 0.25) is 5.02 Å². The van der Waals surface area contributed by atoms with Gasteiger partial charge in [0.05, 0.1) is 46.8 Å². The van der Waals surface area contributed by atoms with Gasteiger partial charge >= 0.3 is 0 Å². The standard InChI is InChI=1S/C22H17ClF2N8O/c1-10(33-4-2-3-28-33)17-20(25)19(23)18(12-6-27-31-21(12)17)14-8-32-9-15(29-16(32)7-26-14)30-22(34)11-5-13(11)24/h2-4,6-11,13H,5H2,1H3,(H,27,31)(H,30,34)/t10?,11-,13+/m1/s1. The number of carbonyl (C=O) groups excluding carboxylic acids is 1. The lowest BCUT2D eigenvalue weighted by molar-refractivity contribution is -0.117. The first-order valence-corrected chi connectivity index (χ1v) is 10.9. The predicted octanol–water partition coefficient (Wildman–Crippen LogP) is 4.17. The highest BCUT2D eigenvalue weighted by Gasteiger charge is 2.43. The third kappa shape index (κ3) is 3.23. The highest BCUT2D eigenvalue weighted by atomic mass is 35.5. The Kier molecular flexibility index (Phi) is 4.63. The smallest absolute Gasteiger partial charge is 0.231 e. The molecule has 1 unspecified atom stereocenters. The quantitative estimate of drug-likeness (QED) is 0.391. The van der Waals surface area contributed by atoms with Crippen LogP contribution in [0.5, 0.6) is 0 Å². The molecule has 1 saturated carbocycles. The fourth-order valence-corrected chi connectivity index (χ4v) is 4.46. The van der Waals surface area contributed by atoms with Crippen LogP contribution in [0.1, 0.15) is 24.9 Å². The number of carbonyl (C=O) groups is 1. The molecule has 2 N–H and O–H groups in total. The molecule has 1 aliphatic carbocycles. The van der Waals surface area contributed by atoms with Gasteiger partial charge in [-0.05, 0) is 19.4 Å². The summed E-state index contributed by atoms with van der Waals surface area (Å²) >= 11 is 6.55. The van der Waals surface area contributed by atoms with Crippen LogP contribution in [0.3, 0.4) is 0 Å². The van der Waals surface area contributed by atoms with Crippen molar-refractivity contribution >= 4 is 39.9 Å². The lowest BCUT2D eigenvalue weighted by atomic mass is 9.98.